The molecule has 2 aromatic heterocycles. The van der Waals surface area contributed by atoms with Gasteiger partial charge in [-0.1, -0.05) is 99.6 Å². The minimum Gasteiger partial charge on any atom is -0.405 e. The van der Waals surface area contributed by atoms with E-state index in [4.69, 9.17) is 13.9 Å². The Morgan fingerprint density at radius 2 is 1.55 bits per heavy atom. The lowest BCUT2D eigenvalue weighted by atomic mass is 10.1. The molecule has 0 aliphatic carbocycles. The van der Waals surface area contributed by atoms with E-state index in [-0.39, 0.29) is 36.6 Å². The summed E-state index contributed by atoms with van der Waals surface area (Å²) in [4.78, 5) is 26.1. The van der Waals surface area contributed by atoms with Gasteiger partial charge in [-0.2, -0.15) is 0 Å². The predicted octanol–water partition coefficient (Wildman–Crippen LogP) is 3.29. The summed E-state index contributed by atoms with van der Waals surface area (Å²) in [7, 11) is -2.93. The fraction of sp³-hybridized carbons (Fsp3) is 0.314. The summed E-state index contributed by atoms with van der Waals surface area (Å²) >= 11 is 0. The third-order valence-corrected chi connectivity index (χ3v) is 13.5. The van der Waals surface area contributed by atoms with E-state index in [1.807, 2.05) is 42.5 Å². The molecule has 1 saturated heterocycles. The van der Waals surface area contributed by atoms with Gasteiger partial charge in [-0.3, -0.25) is 9.36 Å². The van der Waals surface area contributed by atoms with Crippen LogP contribution in [0, 0.1) is 0 Å². The molecule has 5 aromatic rings. The van der Waals surface area contributed by atoms with Gasteiger partial charge in [0.25, 0.3) is 14.2 Å². The lowest BCUT2D eigenvalue weighted by Gasteiger charge is -2.43. The molecule has 244 valence electrons. The van der Waals surface area contributed by atoms with Crippen LogP contribution in [-0.4, -0.2) is 82.1 Å². The summed E-state index contributed by atoms with van der Waals surface area (Å²) in [6.45, 7) is 6.40. The van der Waals surface area contributed by atoms with Crippen molar-refractivity contribution in [3.8, 4) is 0 Å². The number of hydrogen-bond acceptors (Lipinski definition) is 9. The number of imidazole rings is 1. The van der Waals surface area contributed by atoms with Crippen molar-refractivity contribution in [2.24, 2.45) is 0 Å². The monoisotopic (exact) mass is 653 g/mol. The number of nitrogens with one attached hydrogen (secondary N) is 1. The molecule has 1 aliphatic heterocycles. The number of aliphatic hydroxyl groups excluding tert-OH is 2. The normalized spacial score (nSPS) is 20.0. The van der Waals surface area contributed by atoms with E-state index < -0.39 is 32.9 Å². The fourth-order valence-corrected chi connectivity index (χ4v) is 10.9. The van der Waals surface area contributed by atoms with E-state index in [1.165, 1.54) is 12.7 Å². The molecule has 1 aliphatic rings. The van der Waals surface area contributed by atoms with Gasteiger partial charge in [0.05, 0.1) is 26.1 Å². The van der Waals surface area contributed by atoms with Crippen LogP contribution in [0.15, 0.2) is 104 Å². The second kappa shape index (κ2) is 13.8. The average Bonchev–Trinajstić information content (AvgIpc) is 3.65. The van der Waals surface area contributed by atoms with Crippen molar-refractivity contribution in [3.05, 3.63) is 109 Å². The molecule has 3 heterocycles. The Hall–Kier alpha value is -4.30. The standard InChI is InChI=1S/C35H39N5O6Si/c1-35(2,3)47(25-15-9-5-10-16-25,26-17-11-6-12-18-26)45-21-27-29(42)30(44-20-19-41)34(46-27)40-23-38-28-31(36-22-37-32(28)40)39-33(43)24-13-7-4-8-14-24/h4-18,22-23,27,29-30,34,41-42H,19-21H2,1-3H3,(H,36,37,39,43)/t27-,29-,30-,34-/m1/s1. The van der Waals surface area contributed by atoms with Crippen LogP contribution in [-0.2, 0) is 13.9 Å². The van der Waals surface area contributed by atoms with Crippen LogP contribution in [0.1, 0.15) is 37.4 Å². The van der Waals surface area contributed by atoms with Crippen molar-refractivity contribution in [1.29, 1.82) is 0 Å². The summed E-state index contributed by atoms with van der Waals surface area (Å²) in [5.41, 5.74) is 1.21. The number of nitrogens with zero attached hydrogens (tertiary/aromatic N) is 4. The highest BCUT2D eigenvalue weighted by Crippen LogP contribution is 2.39. The van der Waals surface area contributed by atoms with Crippen molar-refractivity contribution >= 4 is 41.6 Å². The molecule has 0 bridgehead atoms. The molecule has 4 atom stereocenters. The zero-order chi connectivity index (χ0) is 33.0. The van der Waals surface area contributed by atoms with Crippen molar-refractivity contribution in [2.45, 2.75) is 50.3 Å². The molecule has 0 unspecified atom stereocenters. The first kappa shape index (κ1) is 32.6. The molecule has 3 N–H and O–H groups in total. The highest BCUT2D eigenvalue weighted by molar-refractivity contribution is 6.99. The zero-order valence-corrected chi connectivity index (χ0v) is 27.6. The van der Waals surface area contributed by atoms with Crippen LogP contribution < -0.4 is 15.7 Å². The molecule has 0 saturated carbocycles. The van der Waals surface area contributed by atoms with E-state index in [0.29, 0.717) is 16.7 Å². The number of benzene rings is 3. The van der Waals surface area contributed by atoms with Crippen LogP contribution in [0.3, 0.4) is 0 Å². The smallest absolute Gasteiger partial charge is 0.261 e. The van der Waals surface area contributed by atoms with Crippen LogP contribution in [0.4, 0.5) is 5.82 Å². The number of aliphatic hydroxyl groups is 2. The third kappa shape index (κ3) is 6.35. The van der Waals surface area contributed by atoms with Crippen LogP contribution in [0.25, 0.3) is 11.2 Å². The first-order chi connectivity index (χ1) is 22.7. The molecule has 1 fully saturated rings. The fourth-order valence-electron chi connectivity index (χ4n) is 6.32. The molecule has 12 heteroatoms. The highest BCUT2D eigenvalue weighted by Gasteiger charge is 2.53. The maximum atomic E-state index is 12.9. The topological polar surface area (TPSA) is 141 Å². The maximum Gasteiger partial charge on any atom is 0.261 e. The largest absolute Gasteiger partial charge is 0.405 e. The summed E-state index contributed by atoms with van der Waals surface area (Å²) in [6.07, 6.45) is -0.746. The molecule has 3 aromatic carbocycles. The first-order valence-corrected chi connectivity index (χ1v) is 17.5. The molecule has 47 heavy (non-hydrogen) atoms. The lowest BCUT2D eigenvalue weighted by molar-refractivity contribution is -0.0756. The molecule has 6 rings (SSSR count). The lowest BCUT2D eigenvalue weighted by Crippen LogP contribution is -2.67. The number of carbonyl (C=O) groups is 1. The average molecular weight is 654 g/mol. The minimum atomic E-state index is -2.93. The molecule has 0 radical (unpaired) electrons. The van der Waals surface area contributed by atoms with Gasteiger partial charge in [0, 0.05) is 5.56 Å². The summed E-state index contributed by atoms with van der Waals surface area (Å²) in [5, 5.41) is 26.0. The Kier molecular flexibility index (Phi) is 9.59. The Bertz CT molecular complexity index is 1750. The summed E-state index contributed by atoms with van der Waals surface area (Å²) in [5.74, 6) is -0.0991. The zero-order valence-electron chi connectivity index (χ0n) is 26.6. The molecular formula is C35H39N5O6Si. The van der Waals surface area contributed by atoms with Crippen LogP contribution in [0.2, 0.25) is 5.04 Å². The van der Waals surface area contributed by atoms with Gasteiger partial charge in [-0.25, -0.2) is 15.0 Å². The van der Waals surface area contributed by atoms with Gasteiger partial charge in [-0.15, -0.1) is 0 Å². The van der Waals surface area contributed by atoms with E-state index in [1.54, 1.807) is 28.8 Å². The molecule has 11 nitrogen and oxygen atoms in total. The quantitative estimate of drug-likeness (QED) is 0.183. The second-order valence-electron chi connectivity index (χ2n) is 12.5. The Labute approximate surface area is 274 Å². The second-order valence-corrected chi connectivity index (χ2v) is 16.8. The van der Waals surface area contributed by atoms with E-state index in [2.05, 4.69) is 65.3 Å². The number of anilines is 1. The van der Waals surface area contributed by atoms with E-state index in [0.717, 1.165) is 10.4 Å². The molecule has 0 spiro atoms. The first-order valence-electron chi connectivity index (χ1n) is 15.6. The molecular weight excluding hydrogens is 615 g/mol. The molecule has 1 amide bonds. The van der Waals surface area contributed by atoms with Gasteiger partial charge in [0.1, 0.15) is 24.6 Å². The minimum absolute atomic E-state index is 0.0100. The Balaban J connectivity index is 1.31. The van der Waals surface area contributed by atoms with Gasteiger partial charge in [0.15, 0.2) is 23.2 Å². The van der Waals surface area contributed by atoms with Crippen LogP contribution in [0.5, 0.6) is 0 Å². The van der Waals surface area contributed by atoms with E-state index >= 15 is 0 Å². The number of carbonyl (C=O) groups excluding carboxylic acids is 1. The van der Waals surface area contributed by atoms with Gasteiger partial charge in [0.2, 0.25) is 0 Å². The number of aromatic nitrogens is 4. The summed E-state index contributed by atoms with van der Waals surface area (Å²) < 4.78 is 21.2. The highest BCUT2D eigenvalue weighted by atomic mass is 28.4. The Morgan fingerprint density at radius 1 is 0.936 bits per heavy atom. The van der Waals surface area contributed by atoms with Gasteiger partial charge in [-0.05, 0) is 27.5 Å². The number of rotatable bonds is 11. The SMILES string of the molecule is CC(C)(C)[Si](OC[C@H]1O[C@@H](n2cnc3c(NC(=O)c4ccccc4)ncnc32)[C@H](OCCO)[C@@H]1O)(c1ccccc1)c1ccccc1. The van der Waals surface area contributed by atoms with Crippen molar-refractivity contribution < 1.29 is 28.9 Å². The number of ether oxygens (including phenoxy) is 2. The maximum absolute atomic E-state index is 12.9. The number of hydrogen-bond donors (Lipinski definition) is 3. The van der Waals surface area contributed by atoms with Crippen molar-refractivity contribution in [1.82, 2.24) is 19.5 Å². The van der Waals surface area contributed by atoms with Gasteiger partial charge >= 0.3 is 0 Å². The van der Waals surface area contributed by atoms with Crippen molar-refractivity contribution in [2.75, 3.05) is 25.1 Å². The third-order valence-electron chi connectivity index (χ3n) is 8.50. The Morgan fingerprint density at radius 3 is 2.15 bits per heavy atom. The van der Waals surface area contributed by atoms with Gasteiger partial charge < -0.3 is 29.4 Å². The summed E-state index contributed by atoms with van der Waals surface area (Å²) in [6, 6.07) is 29.3. The van der Waals surface area contributed by atoms with Crippen LogP contribution >= 0.6 is 0 Å². The number of fused-ring (bicyclic) bond motifs is 1. The van der Waals surface area contributed by atoms with Crippen molar-refractivity contribution in [3.63, 3.8) is 0 Å². The van der Waals surface area contributed by atoms with E-state index in [9.17, 15) is 15.0 Å². The number of amides is 1. The predicted molar refractivity (Wildman–Crippen MR) is 180 cm³/mol.